The van der Waals surface area contributed by atoms with Crippen molar-refractivity contribution in [2.75, 3.05) is 5.32 Å². The Labute approximate surface area is 114 Å². The van der Waals surface area contributed by atoms with E-state index in [-0.39, 0.29) is 5.75 Å². The van der Waals surface area contributed by atoms with Crippen LogP contribution >= 0.6 is 0 Å². The van der Waals surface area contributed by atoms with Crippen LogP contribution in [0.2, 0.25) is 0 Å². The van der Waals surface area contributed by atoms with Crippen LogP contribution in [0.25, 0.3) is 0 Å². The summed E-state index contributed by atoms with van der Waals surface area (Å²) in [7, 11) is -3.44. The molecule has 4 nitrogen and oxygen atoms in total. The minimum atomic E-state index is -3.44. The summed E-state index contributed by atoms with van der Waals surface area (Å²) < 4.78 is 22.0. The lowest BCUT2D eigenvalue weighted by Crippen LogP contribution is -2.24. The molecule has 0 spiro atoms. The Morgan fingerprint density at radius 1 is 1.11 bits per heavy atom. The smallest absolute Gasteiger partial charge is 0.213 e. The summed E-state index contributed by atoms with van der Waals surface area (Å²) in [5, 5.41) is 8.65. The van der Waals surface area contributed by atoms with Crippen LogP contribution in [0, 0.1) is 11.8 Å². The first-order chi connectivity index (χ1) is 9.01. The largest absolute Gasteiger partial charge is 0.382 e. The molecule has 0 heterocycles. The summed E-state index contributed by atoms with van der Waals surface area (Å²) in [6.07, 6.45) is 5.38. The maximum atomic E-state index is 11.0. The van der Waals surface area contributed by atoms with Gasteiger partial charge in [0, 0.05) is 11.7 Å². The van der Waals surface area contributed by atoms with Crippen molar-refractivity contribution in [2.24, 2.45) is 17.0 Å². The van der Waals surface area contributed by atoms with Crippen LogP contribution in [0.1, 0.15) is 31.2 Å². The van der Waals surface area contributed by atoms with Gasteiger partial charge in [-0.1, -0.05) is 12.1 Å². The maximum absolute atomic E-state index is 11.0. The Morgan fingerprint density at radius 3 is 2.05 bits per heavy atom. The lowest BCUT2D eigenvalue weighted by Gasteiger charge is -2.19. The zero-order chi connectivity index (χ0) is 13.5. The number of nitrogens with one attached hydrogen (secondary N) is 1. The Balaban J connectivity index is 1.65. The molecule has 3 N–H and O–H groups in total. The number of rotatable bonds is 6. The van der Waals surface area contributed by atoms with E-state index in [1.165, 1.54) is 25.7 Å². The predicted octanol–water partition coefficient (Wildman–Crippen LogP) is 2.08. The molecule has 0 amide bonds. The fourth-order valence-electron chi connectivity index (χ4n) is 2.65. The number of primary sulfonamides is 1. The number of hydrogen-bond acceptors (Lipinski definition) is 3. The van der Waals surface area contributed by atoms with E-state index in [9.17, 15) is 8.42 Å². The zero-order valence-electron chi connectivity index (χ0n) is 10.9. The quantitative estimate of drug-likeness (QED) is 0.838. The monoisotopic (exact) mass is 280 g/mol. The molecule has 3 rings (SSSR count). The SMILES string of the molecule is NS(=O)(=O)Cc1ccc(NC(C2CC2)C2CC2)cc1. The third kappa shape index (κ3) is 3.70. The van der Waals surface area contributed by atoms with Crippen molar-refractivity contribution in [1.82, 2.24) is 0 Å². The molecular weight excluding hydrogens is 260 g/mol. The molecule has 1 aromatic rings. The van der Waals surface area contributed by atoms with Crippen LogP contribution in [0.3, 0.4) is 0 Å². The number of benzene rings is 1. The van der Waals surface area contributed by atoms with Crippen molar-refractivity contribution >= 4 is 15.7 Å². The Morgan fingerprint density at radius 2 is 1.63 bits per heavy atom. The molecule has 5 heteroatoms. The molecule has 0 aromatic heterocycles. The van der Waals surface area contributed by atoms with Crippen molar-refractivity contribution in [3.8, 4) is 0 Å². The zero-order valence-corrected chi connectivity index (χ0v) is 11.7. The molecule has 19 heavy (non-hydrogen) atoms. The second-order valence-corrected chi connectivity index (χ2v) is 7.46. The van der Waals surface area contributed by atoms with Crippen molar-refractivity contribution < 1.29 is 8.42 Å². The van der Waals surface area contributed by atoms with Crippen molar-refractivity contribution in [2.45, 2.75) is 37.5 Å². The van der Waals surface area contributed by atoms with Crippen LogP contribution in [-0.2, 0) is 15.8 Å². The average Bonchev–Trinajstić information content (AvgIpc) is 3.19. The fraction of sp³-hybridized carbons (Fsp3) is 0.571. The van der Waals surface area contributed by atoms with Gasteiger partial charge in [-0.15, -0.1) is 0 Å². The van der Waals surface area contributed by atoms with Crippen LogP contribution in [-0.4, -0.2) is 14.5 Å². The van der Waals surface area contributed by atoms with Gasteiger partial charge in [0.2, 0.25) is 10.0 Å². The van der Waals surface area contributed by atoms with Crippen molar-refractivity contribution in [3.05, 3.63) is 29.8 Å². The third-order valence-electron chi connectivity index (χ3n) is 3.91. The van der Waals surface area contributed by atoms with E-state index < -0.39 is 10.0 Å². The molecule has 1 aromatic carbocycles. The van der Waals surface area contributed by atoms with E-state index in [1.54, 1.807) is 0 Å². The highest BCUT2D eigenvalue weighted by Crippen LogP contribution is 2.45. The normalized spacial score (nSPS) is 19.7. The van der Waals surface area contributed by atoms with Gasteiger partial charge in [-0.05, 0) is 55.2 Å². The van der Waals surface area contributed by atoms with Gasteiger partial charge in [0.1, 0.15) is 0 Å². The van der Waals surface area contributed by atoms with Gasteiger partial charge < -0.3 is 5.32 Å². The minimum Gasteiger partial charge on any atom is -0.382 e. The highest BCUT2D eigenvalue weighted by Gasteiger charge is 2.41. The van der Waals surface area contributed by atoms with Gasteiger partial charge in [0.15, 0.2) is 0 Å². The Bertz CT molecular complexity index is 533. The molecule has 0 unspecified atom stereocenters. The van der Waals surface area contributed by atoms with Gasteiger partial charge in [-0.2, -0.15) is 0 Å². The molecule has 0 atom stereocenters. The highest BCUT2D eigenvalue weighted by molar-refractivity contribution is 7.88. The third-order valence-corrected chi connectivity index (χ3v) is 4.65. The molecule has 2 aliphatic rings. The van der Waals surface area contributed by atoms with E-state index in [4.69, 9.17) is 5.14 Å². The number of nitrogens with two attached hydrogens (primary N) is 1. The second kappa shape index (κ2) is 4.80. The second-order valence-electron chi connectivity index (χ2n) is 5.85. The first kappa shape index (κ1) is 12.9. The first-order valence-electron chi connectivity index (χ1n) is 6.87. The number of hydrogen-bond donors (Lipinski definition) is 2. The average molecular weight is 280 g/mol. The van der Waals surface area contributed by atoms with E-state index in [2.05, 4.69) is 5.32 Å². The van der Waals surface area contributed by atoms with E-state index >= 15 is 0 Å². The standard InChI is InChI=1S/C14H20N2O2S/c15-19(17,18)9-10-1-7-13(8-2-10)16-14(11-3-4-11)12-5-6-12/h1-2,7-8,11-12,14,16H,3-6,9H2,(H2,15,17,18). The topological polar surface area (TPSA) is 72.2 Å². The summed E-state index contributed by atoms with van der Waals surface area (Å²) in [5.74, 6) is 1.59. The van der Waals surface area contributed by atoms with Crippen LogP contribution in [0.4, 0.5) is 5.69 Å². The fourth-order valence-corrected chi connectivity index (χ4v) is 3.31. The van der Waals surface area contributed by atoms with Gasteiger partial charge in [0.05, 0.1) is 5.75 Å². The maximum Gasteiger partial charge on any atom is 0.213 e. The van der Waals surface area contributed by atoms with Crippen LogP contribution in [0.15, 0.2) is 24.3 Å². The molecule has 0 bridgehead atoms. The Hall–Kier alpha value is -1.07. The van der Waals surface area contributed by atoms with E-state index in [1.807, 2.05) is 24.3 Å². The Kier molecular flexibility index (Phi) is 3.27. The first-order valence-corrected chi connectivity index (χ1v) is 8.59. The summed E-state index contributed by atoms with van der Waals surface area (Å²) in [4.78, 5) is 0. The molecule has 104 valence electrons. The van der Waals surface area contributed by atoms with Gasteiger partial charge in [-0.3, -0.25) is 0 Å². The molecule has 2 fully saturated rings. The number of anilines is 1. The van der Waals surface area contributed by atoms with Gasteiger partial charge in [0.25, 0.3) is 0 Å². The van der Waals surface area contributed by atoms with Crippen LogP contribution < -0.4 is 10.5 Å². The molecule has 0 radical (unpaired) electrons. The predicted molar refractivity (Wildman–Crippen MR) is 76.1 cm³/mol. The van der Waals surface area contributed by atoms with E-state index in [0.29, 0.717) is 6.04 Å². The summed E-state index contributed by atoms with van der Waals surface area (Å²) in [5.41, 5.74) is 1.82. The van der Waals surface area contributed by atoms with Crippen molar-refractivity contribution in [3.63, 3.8) is 0 Å². The highest BCUT2D eigenvalue weighted by atomic mass is 32.2. The molecule has 0 saturated heterocycles. The van der Waals surface area contributed by atoms with Crippen LogP contribution in [0.5, 0.6) is 0 Å². The van der Waals surface area contributed by atoms with Crippen molar-refractivity contribution in [1.29, 1.82) is 0 Å². The lowest BCUT2D eigenvalue weighted by molar-refractivity contribution is 0.568. The molecular formula is C14H20N2O2S. The summed E-state index contributed by atoms with van der Waals surface area (Å²) in [6, 6.07) is 8.20. The minimum absolute atomic E-state index is 0.0953. The summed E-state index contributed by atoms with van der Waals surface area (Å²) in [6.45, 7) is 0. The number of sulfonamides is 1. The van der Waals surface area contributed by atoms with E-state index in [0.717, 1.165) is 23.1 Å². The lowest BCUT2D eigenvalue weighted by atomic mass is 10.1. The van der Waals surface area contributed by atoms with Gasteiger partial charge in [-0.25, -0.2) is 13.6 Å². The molecule has 0 aliphatic heterocycles. The molecule has 2 saturated carbocycles. The molecule has 2 aliphatic carbocycles. The summed E-state index contributed by atoms with van der Waals surface area (Å²) >= 11 is 0. The van der Waals surface area contributed by atoms with Gasteiger partial charge >= 0.3 is 0 Å².